The summed E-state index contributed by atoms with van der Waals surface area (Å²) < 4.78 is 19.4. The van der Waals surface area contributed by atoms with Gasteiger partial charge in [-0.05, 0) is 77.1 Å². The molecule has 0 unspecified atom stereocenters. The number of urea groups is 1. The molecule has 1 N–H and O–H groups in total. The molecule has 1 fully saturated rings. The van der Waals surface area contributed by atoms with E-state index in [1.54, 1.807) is 36.4 Å². The Morgan fingerprint density at radius 1 is 0.740 bits per heavy atom. The van der Waals surface area contributed by atoms with Crippen LogP contribution >= 0.6 is 0 Å². The molecule has 0 spiro atoms. The molecule has 2 atom stereocenters. The third-order valence-corrected chi connectivity index (χ3v) is 9.89. The van der Waals surface area contributed by atoms with Crippen molar-refractivity contribution in [2.24, 2.45) is 0 Å². The van der Waals surface area contributed by atoms with Crippen LogP contribution in [0.3, 0.4) is 0 Å². The van der Waals surface area contributed by atoms with E-state index >= 15 is 0 Å². The fourth-order valence-electron chi connectivity index (χ4n) is 7.49. The number of nitrogens with one attached hydrogen (secondary N) is 1. The van der Waals surface area contributed by atoms with E-state index in [4.69, 9.17) is 4.74 Å². The average Bonchev–Trinajstić information content (AvgIpc) is 3.14. The number of nitrogens with zero attached hydrogens (tertiary/aromatic N) is 2. The van der Waals surface area contributed by atoms with Crippen molar-refractivity contribution in [1.29, 1.82) is 0 Å². The Kier molecular flexibility index (Phi) is 8.20. The lowest BCUT2D eigenvalue weighted by Crippen LogP contribution is -2.54. The molecule has 5 aromatic rings. The third kappa shape index (κ3) is 5.83. The minimum atomic E-state index is -0.791. The smallest absolute Gasteiger partial charge is 0.335 e. The van der Waals surface area contributed by atoms with Gasteiger partial charge in [0, 0.05) is 36.2 Å². The third-order valence-electron chi connectivity index (χ3n) is 9.89. The van der Waals surface area contributed by atoms with E-state index in [0.717, 1.165) is 53.2 Å². The highest BCUT2D eigenvalue weighted by Crippen LogP contribution is 2.50. The summed E-state index contributed by atoms with van der Waals surface area (Å²) in [5, 5.41) is 2.41. The number of amides is 4. The van der Waals surface area contributed by atoms with Crippen molar-refractivity contribution in [1.82, 2.24) is 5.32 Å². The minimum absolute atomic E-state index is 0.0698. The Hall–Kier alpha value is -6.02. The van der Waals surface area contributed by atoms with Crippen molar-refractivity contribution in [2.45, 2.75) is 31.3 Å². The molecular formula is C42H34FN3O4. The lowest BCUT2D eigenvalue weighted by atomic mass is 9.76. The Morgan fingerprint density at radius 3 is 1.94 bits per heavy atom. The van der Waals surface area contributed by atoms with Gasteiger partial charge in [0.05, 0.1) is 5.69 Å². The number of benzene rings is 5. The molecule has 5 aromatic carbocycles. The highest BCUT2D eigenvalue weighted by molar-refractivity contribution is 6.39. The largest absolute Gasteiger partial charge is 0.488 e. The fourth-order valence-corrected chi connectivity index (χ4v) is 7.49. The van der Waals surface area contributed by atoms with Gasteiger partial charge in [0.25, 0.3) is 11.8 Å². The summed E-state index contributed by atoms with van der Waals surface area (Å²) in [6.45, 7) is 1.98. The predicted octanol–water partition coefficient (Wildman–Crippen LogP) is 7.95. The number of halogens is 1. The Labute approximate surface area is 289 Å². The molecule has 8 rings (SSSR count). The lowest BCUT2D eigenvalue weighted by Gasteiger charge is -2.44. The van der Waals surface area contributed by atoms with Crippen LogP contribution in [0.1, 0.15) is 58.1 Å². The maximum absolute atomic E-state index is 14.3. The Balaban J connectivity index is 1.20. The molecule has 3 aliphatic heterocycles. The number of rotatable bonds is 7. The van der Waals surface area contributed by atoms with Crippen LogP contribution in [0, 0.1) is 5.82 Å². The molecule has 4 amide bonds. The summed E-state index contributed by atoms with van der Waals surface area (Å²) in [6.07, 6.45) is 3.25. The number of imide groups is 2. The first kappa shape index (κ1) is 31.3. The van der Waals surface area contributed by atoms with Gasteiger partial charge < -0.3 is 9.64 Å². The molecule has 7 nitrogen and oxygen atoms in total. The zero-order valence-corrected chi connectivity index (χ0v) is 27.2. The topological polar surface area (TPSA) is 79.0 Å². The molecule has 0 aliphatic carbocycles. The van der Waals surface area contributed by atoms with Crippen molar-refractivity contribution in [3.63, 3.8) is 0 Å². The van der Waals surface area contributed by atoms with E-state index in [0.29, 0.717) is 17.0 Å². The van der Waals surface area contributed by atoms with Crippen LogP contribution in [-0.2, 0) is 16.2 Å². The number of carbonyl (C=O) groups is 3. The van der Waals surface area contributed by atoms with Gasteiger partial charge in [0.2, 0.25) is 0 Å². The minimum Gasteiger partial charge on any atom is -0.488 e. The van der Waals surface area contributed by atoms with Crippen LogP contribution in [0.15, 0.2) is 127 Å². The molecule has 0 aromatic heterocycles. The quantitative estimate of drug-likeness (QED) is 0.141. The van der Waals surface area contributed by atoms with Gasteiger partial charge >= 0.3 is 6.03 Å². The molecule has 0 bridgehead atoms. The van der Waals surface area contributed by atoms with Crippen molar-refractivity contribution in [3.8, 4) is 5.75 Å². The number of barbiturate groups is 1. The monoisotopic (exact) mass is 663 g/mol. The number of carbonyl (C=O) groups excluding carboxylic acids is 3. The molecule has 0 saturated carbocycles. The van der Waals surface area contributed by atoms with Gasteiger partial charge in [0.1, 0.15) is 23.7 Å². The number of anilines is 2. The van der Waals surface area contributed by atoms with Gasteiger partial charge in [0.15, 0.2) is 0 Å². The van der Waals surface area contributed by atoms with Crippen LogP contribution < -0.4 is 19.9 Å². The second-order valence-electron chi connectivity index (χ2n) is 12.9. The van der Waals surface area contributed by atoms with Crippen LogP contribution in [-0.4, -0.2) is 30.9 Å². The van der Waals surface area contributed by atoms with E-state index in [1.807, 2.05) is 48.5 Å². The van der Waals surface area contributed by atoms with Crippen LogP contribution in [0.25, 0.3) is 6.08 Å². The summed E-state index contributed by atoms with van der Waals surface area (Å²) in [6, 6.07) is 36.8. The number of hydrogen-bond donors (Lipinski definition) is 1. The summed E-state index contributed by atoms with van der Waals surface area (Å²) in [5.41, 5.74) is 7.14. The van der Waals surface area contributed by atoms with Crippen LogP contribution in [0.4, 0.5) is 20.6 Å². The SMILES string of the molecule is O=C1NC(=O)N(c2cc3c4c(c2)[C@H](c2ccccc2)CCN4CC[C@@H]3c2ccccc2)C(=O)/C1=C/c1ccccc1OCc1ccc(F)cc1. The van der Waals surface area contributed by atoms with Crippen LogP contribution in [0.2, 0.25) is 0 Å². The maximum atomic E-state index is 14.3. The van der Waals surface area contributed by atoms with E-state index in [2.05, 4.69) is 34.5 Å². The standard InChI is InChI=1S/C42H34FN3O4/c43-31-17-15-27(16-18-31)26-50-38-14-8-7-13-30(38)23-37-40(47)44-42(49)46(41(37)48)32-24-35-33(28-9-3-1-4-10-28)19-21-45-22-20-34(36(25-32)39(35)45)29-11-5-2-6-12-29/h1-18,23-25,33-34H,19-22,26H2,(H,44,47,49)/b37-23+/t33-,34+. The molecule has 3 heterocycles. The van der Waals surface area contributed by atoms with E-state index in [-0.39, 0.29) is 29.8 Å². The molecule has 248 valence electrons. The second-order valence-corrected chi connectivity index (χ2v) is 12.9. The molecule has 50 heavy (non-hydrogen) atoms. The zero-order valence-electron chi connectivity index (χ0n) is 27.2. The maximum Gasteiger partial charge on any atom is 0.335 e. The molecule has 8 heteroatoms. The Bertz CT molecular complexity index is 2060. The summed E-state index contributed by atoms with van der Waals surface area (Å²) in [4.78, 5) is 44.7. The van der Waals surface area contributed by atoms with Crippen molar-refractivity contribution in [3.05, 3.63) is 166 Å². The summed E-state index contributed by atoms with van der Waals surface area (Å²) in [5.74, 6) is -1.26. The van der Waals surface area contributed by atoms with Gasteiger partial charge in [-0.3, -0.25) is 14.9 Å². The summed E-state index contributed by atoms with van der Waals surface area (Å²) >= 11 is 0. The van der Waals surface area contributed by atoms with E-state index in [9.17, 15) is 18.8 Å². The highest BCUT2D eigenvalue weighted by Gasteiger charge is 2.40. The number of ether oxygens (including phenoxy) is 1. The van der Waals surface area contributed by atoms with Gasteiger partial charge in [-0.25, -0.2) is 14.1 Å². The molecule has 0 radical (unpaired) electrons. The van der Waals surface area contributed by atoms with E-state index < -0.39 is 17.8 Å². The normalized spacial score (nSPS) is 19.3. The number of para-hydroxylation sites is 1. The first-order chi connectivity index (χ1) is 24.4. The van der Waals surface area contributed by atoms with Crippen molar-refractivity contribution in [2.75, 3.05) is 22.9 Å². The predicted molar refractivity (Wildman–Crippen MR) is 191 cm³/mol. The van der Waals surface area contributed by atoms with Gasteiger partial charge in [-0.1, -0.05) is 91.0 Å². The van der Waals surface area contributed by atoms with Crippen LogP contribution in [0.5, 0.6) is 5.75 Å². The first-order valence-corrected chi connectivity index (χ1v) is 16.8. The number of hydrogen-bond acceptors (Lipinski definition) is 5. The Morgan fingerprint density at radius 2 is 1.32 bits per heavy atom. The average molecular weight is 664 g/mol. The zero-order chi connectivity index (χ0) is 34.2. The van der Waals surface area contributed by atoms with Gasteiger partial charge in [-0.2, -0.15) is 0 Å². The lowest BCUT2D eigenvalue weighted by molar-refractivity contribution is -0.122. The summed E-state index contributed by atoms with van der Waals surface area (Å²) in [7, 11) is 0. The molecule has 1 saturated heterocycles. The first-order valence-electron chi connectivity index (χ1n) is 16.8. The van der Waals surface area contributed by atoms with Crippen molar-refractivity contribution < 1.29 is 23.5 Å². The molecular weight excluding hydrogens is 629 g/mol. The second kappa shape index (κ2) is 13.1. The molecule has 3 aliphatic rings. The highest BCUT2D eigenvalue weighted by atomic mass is 19.1. The van der Waals surface area contributed by atoms with Gasteiger partial charge in [-0.15, -0.1) is 0 Å². The van der Waals surface area contributed by atoms with Crippen molar-refractivity contribution >= 4 is 35.3 Å². The fraction of sp³-hybridized carbons (Fsp3) is 0.167. The van der Waals surface area contributed by atoms with E-state index in [1.165, 1.54) is 29.3 Å².